The van der Waals surface area contributed by atoms with Gasteiger partial charge < -0.3 is 14.6 Å². The van der Waals surface area contributed by atoms with Crippen LogP contribution >= 0.6 is 34.7 Å². The minimum Gasteiger partial charge on any atom is -0.465 e. The van der Waals surface area contributed by atoms with E-state index >= 15 is 0 Å². The van der Waals surface area contributed by atoms with Crippen LogP contribution in [0.15, 0.2) is 34.8 Å². The number of carbonyl (C=O) groups excluding carboxylic acids is 2. The molecule has 0 bridgehead atoms. The van der Waals surface area contributed by atoms with Crippen molar-refractivity contribution in [3.63, 3.8) is 0 Å². The predicted octanol–water partition coefficient (Wildman–Crippen LogP) is 5.64. The summed E-state index contributed by atoms with van der Waals surface area (Å²) in [6.45, 7) is 4.18. The summed E-state index contributed by atoms with van der Waals surface area (Å²) in [5, 5.41) is 15.0. The summed E-state index contributed by atoms with van der Waals surface area (Å²) >= 11 is 8.94. The molecule has 1 aliphatic rings. The molecule has 2 aromatic heterocycles. The van der Waals surface area contributed by atoms with Gasteiger partial charge in [0.1, 0.15) is 16.4 Å². The second-order valence-corrected chi connectivity index (χ2v) is 9.99. The van der Waals surface area contributed by atoms with Crippen LogP contribution in [-0.4, -0.2) is 39.5 Å². The Kier molecular flexibility index (Phi) is 6.88. The van der Waals surface area contributed by atoms with E-state index in [0.29, 0.717) is 32.8 Å². The smallest absolute Gasteiger partial charge is 0.341 e. The maximum atomic E-state index is 12.7. The molecule has 0 spiro atoms. The fourth-order valence-corrected chi connectivity index (χ4v) is 5.40. The number of thiophene rings is 1. The first-order chi connectivity index (χ1) is 15.4. The van der Waals surface area contributed by atoms with E-state index in [2.05, 4.69) is 33.9 Å². The Hall–Kier alpha value is -2.36. The van der Waals surface area contributed by atoms with E-state index in [1.165, 1.54) is 30.2 Å². The normalized spacial score (nSPS) is 13.4. The number of benzene rings is 1. The van der Waals surface area contributed by atoms with E-state index in [0.717, 1.165) is 23.8 Å². The van der Waals surface area contributed by atoms with Gasteiger partial charge >= 0.3 is 5.97 Å². The average molecular weight is 491 g/mol. The number of halogens is 1. The number of rotatable bonds is 8. The first kappa shape index (κ1) is 22.8. The topological polar surface area (TPSA) is 86.1 Å². The highest BCUT2D eigenvalue weighted by Crippen LogP contribution is 2.41. The van der Waals surface area contributed by atoms with Crippen molar-refractivity contribution in [2.45, 2.75) is 43.8 Å². The summed E-state index contributed by atoms with van der Waals surface area (Å²) in [7, 11) is 1.31. The number of thioether (sulfide) groups is 1. The van der Waals surface area contributed by atoms with Crippen molar-refractivity contribution in [1.82, 2.24) is 14.8 Å². The number of hydrogen-bond acceptors (Lipinski definition) is 7. The van der Waals surface area contributed by atoms with Crippen LogP contribution in [0.2, 0.25) is 5.02 Å². The minimum atomic E-state index is -0.529. The molecule has 0 unspecified atom stereocenters. The first-order valence-corrected chi connectivity index (χ1v) is 12.5. The van der Waals surface area contributed by atoms with E-state index in [-0.39, 0.29) is 17.6 Å². The molecule has 0 radical (unpaired) electrons. The molecular formula is C22H23ClN4O3S2. The fourth-order valence-electron chi connectivity index (χ4n) is 3.38. The molecule has 10 heteroatoms. The first-order valence-electron chi connectivity index (χ1n) is 10.2. The van der Waals surface area contributed by atoms with Gasteiger partial charge in [-0.05, 0) is 18.9 Å². The Morgan fingerprint density at radius 3 is 2.69 bits per heavy atom. The summed E-state index contributed by atoms with van der Waals surface area (Å²) in [5.74, 6) is 0.612. The van der Waals surface area contributed by atoms with Crippen LogP contribution in [0.4, 0.5) is 5.00 Å². The summed E-state index contributed by atoms with van der Waals surface area (Å²) in [4.78, 5) is 25.3. The highest BCUT2D eigenvalue weighted by Gasteiger charge is 2.31. The van der Waals surface area contributed by atoms with Crippen molar-refractivity contribution < 1.29 is 14.3 Å². The van der Waals surface area contributed by atoms with Crippen molar-refractivity contribution in [2.75, 3.05) is 18.2 Å². The largest absolute Gasteiger partial charge is 0.465 e. The molecule has 4 rings (SSSR count). The second-order valence-electron chi connectivity index (χ2n) is 7.76. The summed E-state index contributed by atoms with van der Waals surface area (Å²) in [6.07, 6.45) is 2.22. The number of aromatic nitrogens is 3. The third-order valence-corrected chi connectivity index (χ3v) is 7.22. The number of ether oxygens (including phenoxy) is 1. The molecule has 0 atom stereocenters. The Labute approximate surface area is 199 Å². The lowest BCUT2D eigenvalue weighted by molar-refractivity contribution is -0.113. The lowest BCUT2D eigenvalue weighted by atomic mass is 10.0. The van der Waals surface area contributed by atoms with Crippen LogP contribution in [0.1, 0.15) is 54.8 Å². The number of esters is 1. The molecule has 1 amide bonds. The lowest BCUT2D eigenvalue weighted by Gasteiger charge is -2.11. The zero-order valence-electron chi connectivity index (χ0n) is 17.9. The molecule has 2 heterocycles. The van der Waals surface area contributed by atoms with Gasteiger partial charge in [-0.2, -0.15) is 0 Å². The zero-order valence-corrected chi connectivity index (χ0v) is 20.3. The van der Waals surface area contributed by atoms with Crippen molar-refractivity contribution in [3.05, 3.63) is 46.1 Å². The van der Waals surface area contributed by atoms with Crippen molar-refractivity contribution in [3.8, 4) is 11.1 Å². The lowest BCUT2D eigenvalue weighted by Crippen LogP contribution is -2.16. The van der Waals surface area contributed by atoms with E-state index in [4.69, 9.17) is 16.3 Å². The van der Waals surface area contributed by atoms with Gasteiger partial charge in [0, 0.05) is 33.5 Å². The van der Waals surface area contributed by atoms with E-state index in [1.807, 2.05) is 18.2 Å². The molecule has 7 nitrogen and oxygen atoms in total. The number of nitrogens with one attached hydrogen (secondary N) is 1. The fraction of sp³-hybridized carbons (Fsp3) is 0.364. The highest BCUT2D eigenvalue weighted by atomic mass is 35.5. The Balaban J connectivity index is 1.52. The van der Waals surface area contributed by atoms with Gasteiger partial charge in [0.25, 0.3) is 0 Å². The van der Waals surface area contributed by atoms with Gasteiger partial charge in [-0.15, -0.1) is 21.5 Å². The number of anilines is 1. The zero-order chi connectivity index (χ0) is 22.8. The third-order valence-electron chi connectivity index (χ3n) is 5.05. The van der Waals surface area contributed by atoms with Gasteiger partial charge in [-0.25, -0.2) is 4.79 Å². The van der Waals surface area contributed by atoms with Gasteiger partial charge in [-0.3, -0.25) is 4.79 Å². The maximum absolute atomic E-state index is 12.7. The maximum Gasteiger partial charge on any atom is 0.341 e. The van der Waals surface area contributed by atoms with Crippen molar-refractivity contribution in [1.29, 1.82) is 0 Å². The van der Waals surface area contributed by atoms with Crippen LogP contribution in [-0.2, 0) is 9.53 Å². The van der Waals surface area contributed by atoms with Gasteiger partial charge in [0.15, 0.2) is 5.16 Å². The van der Waals surface area contributed by atoms with Gasteiger partial charge in [0.2, 0.25) is 5.91 Å². The standard InChI is InChI=1S/C22H23ClN4O3S2/c1-12(2)19-25-26-22(27(19)13-8-9-13)32-11-17(28)24-20-18(21(29)30-3)15(10-31-20)14-6-4-5-7-16(14)23/h4-7,10,12-13H,8-9,11H2,1-3H3,(H,24,28). The average Bonchev–Trinajstić information content (AvgIpc) is 3.39. The Bertz CT molecular complexity index is 1150. The van der Waals surface area contributed by atoms with Gasteiger partial charge in [-0.1, -0.05) is 55.4 Å². The highest BCUT2D eigenvalue weighted by molar-refractivity contribution is 7.99. The van der Waals surface area contributed by atoms with Crippen LogP contribution in [0.5, 0.6) is 0 Å². The number of amides is 1. The van der Waals surface area contributed by atoms with E-state index < -0.39 is 5.97 Å². The summed E-state index contributed by atoms with van der Waals surface area (Å²) in [6, 6.07) is 7.67. The van der Waals surface area contributed by atoms with E-state index in [1.54, 1.807) is 11.4 Å². The predicted molar refractivity (Wildman–Crippen MR) is 128 cm³/mol. The van der Waals surface area contributed by atoms with Crippen LogP contribution in [0.3, 0.4) is 0 Å². The SMILES string of the molecule is COC(=O)c1c(-c2ccccc2Cl)csc1NC(=O)CSc1nnc(C(C)C)n1C1CC1. The number of methoxy groups -OCH3 is 1. The van der Waals surface area contributed by atoms with Crippen LogP contribution in [0.25, 0.3) is 11.1 Å². The summed E-state index contributed by atoms with van der Waals surface area (Å²) in [5.41, 5.74) is 1.64. The molecule has 0 aliphatic heterocycles. The minimum absolute atomic E-state index is 0.156. The molecule has 1 fully saturated rings. The molecule has 1 aromatic carbocycles. The second kappa shape index (κ2) is 9.64. The van der Waals surface area contributed by atoms with Crippen molar-refractivity contribution >= 4 is 51.6 Å². The molecule has 0 saturated heterocycles. The van der Waals surface area contributed by atoms with Gasteiger partial charge in [0.05, 0.1) is 12.9 Å². The van der Waals surface area contributed by atoms with Crippen molar-refractivity contribution in [2.24, 2.45) is 0 Å². The molecule has 32 heavy (non-hydrogen) atoms. The third kappa shape index (κ3) is 4.69. The number of hydrogen-bond donors (Lipinski definition) is 1. The molecule has 1 saturated carbocycles. The molecule has 1 N–H and O–H groups in total. The number of carbonyl (C=O) groups is 2. The summed E-state index contributed by atoms with van der Waals surface area (Å²) < 4.78 is 7.12. The molecular weight excluding hydrogens is 468 g/mol. The van der Waals surface area contributed by atoms with E-state index in [9.17, 15) is 9.59 Å². The molecule has 168 valence electrons. The molecule has 3 aromatic rings. The van der Waals surface area contributed by atoms with Crippen LogP contribution in [0, 0.1) is 0 Å². The molecule has 1 aliphatic carbocycles. The Morgan fingerprint density at radius 2 is 2.03 bits per heavy atom. The van der Waals surface area contributed by atoms with Crippen LogP contribution < -0.4 is 5.32 Å². The quantitative estimate of drug-likeness (QED) is 0.325. The monoisotopic (exact) mass is 490 g/mol. The number of nitrogens with zero attached hydrogens (tertiary/aromatic N) is 3. The Morgan fingerprint density at radius 1 is 1.28 bits per heavy atom.